The molecule has 2 aliphatic rings. The summed E-state index contributed by atoms with van der Waals surface area (Å²) in [7, 11) is 0. The number of nitrogens with zero attached hydrogens (tertiary/aromatic N) is 1. The average Bonchev–Trinajstić information content (AvgIpc) is 2.41. The maximum absolute atomic E-state index is 12.8. The van der Waals surface area contributed by atoms with Crippen molar-refractivity contribution in [1.29, 1.82) is 0 Å². The standard InChI is InChI=1S/C18H29NO6/c1-12(2)24-13(20)18(14(21)25-16(3,4)5)8-6-17(7-9-18)10-19(11-17)15(22)23/h12H,6-11H2,1-5H3,(H,22,23). The highest BCUT2D eigenvalue weighted by Crippen LogP contribution is 2.51. The molecule has 0 bridgehead atoms. The second-order valence-corrected chi connectivity index (χ2v) is 8.68. The molecule has 0 aromatic rings. The highest BCUT2D eigenvalue weighted by Gasteiger charge is 2.58. The minimum absolute atomic E-state index is 0.123. The van der Waals surface area contributed by atoms with Crippen LogP contribution in [0, 0.1) is 10.8 Å². The molecular weight excluding hydrogens is 326 g/mol. The zero-order chi connectivity index (χ0) is 19.0. The molecule has 2 rings (SSSR count). The average molecular weight is 355 g/mol. The number of ether oxygens (including phenoxy) is 2. The van der Waals surface area contributed by atoms with E-state index in [1.54, 1.807) is 34.6 Å². The Morgan fingerprint density at radius 1 is 1.00 bits per heavy atom. The molecule has 25 heavy (non-hydrogen) atoms. The SMILES string of the molecule is CC(C)OC(=O)C1(C(=O)OC(C)(C)C)CCC2(CC1)CN(C(=O)O)C2. The fraction of sp³-hybridized carbons (Fsp3) is 0.833. The first kappa shape index (κ1) is 19.5. The van der Waals surface area contributed by atoms with E-state index in [0.29, 0.717) is 38.8 Å². The minimum atomic E-state index is -1.29. The summed E-state index contributed by atoms with van der Waals surface area (Å²) in [6, 6.07) is 0. The van der Waals surface area contributed by atoms with Gasteiger partial charge in [0, 0.05) is 18.5 Å². The van der Waals surface area contributed by atoms with Crippen LogP contribution in [0.15, 0.2) is 0 Å². The van der Waals surface area contributed by atoms with Crippen molar-refractivity contribution in [3.63, 3.8) is 0 Å². The highest BCUT2D eigenvalue weighted by molar-refractivity contribution is 6.00. The van der Waals surface area contributed by atoms with Gasteiger partial charge < -0.3 is 19.5 Å². The summed E-state index contributed by atoms with van der Waals surface area (Å²) < 4.78 is 10.9. The van der Waals surface area contributed by atoms with Crippen molar-refractivity contribution in [1.82, 2.24) is 4.90 Å². The van der Waals surface area contributed by atoms with Crippen molar-refractivity contribution in [3.05, 3.63) is 0 Å². The number of likely N-dealkylation sites (tertiary alicyclic amines) is 1. The summed E-state index contributed by atoms with van der Waals surface area (Å²) in [4.78, 5) is 37.9. The van der Waals surface area contributed by atoms with Gasteiger partial charge in [0.2, 0.25) is 0 Å². The molecule has 0 unspecified atom stereocenters. The lowest BCUT2D eigenvalue weighted by Gasteiger charge is -2.53. The number of amides is 1. The quantitative estimate of drug-likeness (QED) is 0.618. The molecule has 142 valence electrons. The lowest BCUT2D eigenvalue weighted by atomic mass is 9.60. The molecule has 1 aliphatic carbocycles. The van der Waals surface area contributed by atoms with Gasteiger partial charge in [0.05, 0.1) is 6.10 Å². The predicted molar refractivity (Wildman–Crippen MR) is 90.0 cm³/mol. The van der Waals surface area contributed by atoms with Crippen molar-refractivity contribution in [2.45, 2.75) is 72.0 Å². The van der Waals surface area contributed by atoms with E-state index in [0.717, 1.165) is 0 Å². The summed E-state index contributed by atoms with van der Waals surface area (Å²) in [5.74, 6) is -1.06. The van der Waals surface area contributed by atoms with Gasteiger partial charge in [-0.15, -0.1) is 0 Å². The summed E-state index contributed by atoms with van der Waals surface area (Å²) in [6.07, 6.45) is 0.664. The Hall–Kier alpha value is -1.79. The number of esters is 2. The molecule has 1 saturated carbocycles. The van der Waals surface area contributed by atoms with E-state index in [1.807, 2.05) is 0 Å². The molecule has 0 aromatic heterocycles. The van der Waals surface area contributed by atoms with Crippen LogP contribution in [0.25, 0.3) is 0 Å². The Morgan fingerprint density at radius 3 is 1.92 bits per heavy atom. The molecule has 1 spiro atoms. The van der Waals surface area contributed by atoms with Crippen LogP contribution in [0.2, 0.25) is 0 Å². The van der Waals surface area contributed by atoms with Crippen LogP contribution in [0.4, 0.5) is 4.79 Å². The first-order valence-corrected chi connectivity index (χ1v) is 8.82. The highest BCUT2D eigenvalue weighted by atomic mass is 16.6. The van der Waals surface area contributed by atoms with Gasteiger partial charge in [-0.2, -0.15) is 0 Å². The number of hydrogen-bond acceptors (Lipinski definition) is 5. The predicted octanol–water partition coefficient (Wildman–Crippen LogP) is 2.82. The van der Waals surface area contributed by atoms with E-state index in [2.05, 4.69) is 0 Å². The molecule has 1 saturated heterocycles. The van der Waals surface area contributed by atoms with E-state index in [9.17, 15) is 14.4 Å². The number of hydrogen-bond donors (Lipinski definition) is 1. The second-order valence-electron chi connectivity index (χ2n) is 8.68. The van der Waals surface area contributed by atoms with Crippen LogP contribution in [0.3, 0.4) is 0 Å². The van der Waals surface area contributed by atoms with Crippen LogP contribution in [0.1, 0.15) is 60.3 Å². The molecule has 0 atom stereocenters. The van der Waals surface area contributed by atoms with Crippen molar-refractivity contribution in [3.8, 4) is 0 Å². The molecule has 7 heteroatoms. The molecule has 1 heterocycles. The van der Waals surface area contributed by atoms with Gasteiger partial charge in [0.1, 0.15) is 5.60 Å². The largest absolute Gasteiger partial charge is 0.465 e. The number of rotatable bonds is 3. The third-order valence-electron chi connectivity index (χ3n) is 5.01. The van der Waals surface area contributed by atoms with E-state index in [1.165, 1.54) is 4.90 Å². The summed E-state index contributed by atoms with van der Waals surface area (Å²) in [6.45, 7) is 9.75. The lowest BCUT2D eigenvalue weighted by Crippen LogP contribution is -2.61. The fourth-order valence-corrected chi connectivity index (χ4v) is 3.62. The molecule has 0 radical (unpaired) electrons. The third-order valence-corrected chi connectivity index (χ3v) is 5.01. The Bertz CT molecular complexity index is 546. The molecule has 0 aromatic carbocycles. The van der Waals surface area contributed by atoms with Crippen molar-refractivity contribution in [2.75, 3.05) is 13.1 Å². The number of carboxylic acid groups (broad SMARTS) is 1. The first-order chi connectivity index (χ1) is 11.4. The lowest BCUT2D eigenvalue weighted by molar-refractivity contribution is -0.188. The Balaban J connectivity index is 2.14. The van der Waals surface area contributed by atoms with Crippen molar-refractivity contribution < 1.29 is 29.0 Å². The van der Waals surface area contributed by atoms with Crippen LogP contribution >= 0.6 is 0 Å². The zero-order valence-electron chi connectivity index (χ0n) is 15.8. The summed E-state index contributed by atoms with van der Waals surface area (Å²) in [5, 5.41) is 9.03. The molecule has 1 N–H and O–H groups in total. The molecule has 1 amide bonds. The Labute approximate surface area is 148 Å². The van der Waals surface area contributed by atoms with Gasteiger partial charge in [0.15, 0.2) is 5.41 Å². The van der Waals surface area contributed by atoms with Crippen LogP contribution in [-0.4, -0.2) is 52.8 Å². The maximum atomic E-state index is 12.8. The van der Waals surface area contributed by atoms with E-state index in [-0.39, 0.29) is 11.5 Å². The summed E-state index contributed by atoms with van der Waals surface area (Å²) >= 11 is 0. The van der Waals surface area contributed by atoms with Gasteiger partial charge in [0.25, 0.3) is 0 Å². The van der Waals surface area contributed by atoms with Crippen LogP contribution < -0.4 is 0 Å². The summed E-state index contributed by atoms with van der Waals surface area (Å²) in [5.41, 5.74) is -2.09. The van der Waals surface area contributed by atoms with Crippen LogP contribution in [-0.2, 0) is 19.1 Å². The van der Waals surface area contributed by atoms with Crippen LogP contribution in [0.5, 0.6) is 0 Å². The second kappa shape index (κ2) is 6.50. The van der Waals surface area contributed by atoms with Gasteiger partial charge in [-0.05, 0) is 60.3 Å². The van der Waals surface area contributed by atoms with Gasteiger partial charge in [-0.3, -0.25) is 9.59 Å². The molecule has 7 nitrogen and oxygen atoms in total. The molecule has 2 fully saturated rings. The normalized spacial score (nSPS) is 21.6. The zero-order valence-corrected chi connectivity index (χ0v) is 15.8. The van der Waals surface area contributed by atoms with E-state index in [4.69, 9.17) is 14.6 Å². The third kappa shape index (κ3) is 4.07. The molecular formula is C18H29NO6. The van der Waals surface area contributed by atoms with Gasteiger partial charge >= 0.3 is 18.0 Å². The Kier molecular flexibility index (Phi) is 5.08. The molecule has 1 aliphatic heterocycles. The number of carbonyl (C=O) groups excluding carboxylic acids is 2. The monoisotopic (exact) mass is 355 g/mol. The van der Waals surface area contributed by atoms with E-state index < -0.39 is 29.0 Å². The smallest absolute Gasteiger partial charge is 0.407 e. The first-order valence-electron chi connectivity index (χ1n) is 8.82. The van der Waals surface area contributed by atoms with Crippen molar-refractivity contribution in [2.24, 2.45) is 10.8 Å². The van der Waals surface area contributed by atoms with Gasteiger partial charge in [-0.1, -0.05) is 0 Å². The van der Waals surface area contributed by atoms with Crippen molar-refractivity contribution >= 4 is 18.0 Å². The number of carbonyl (C=O) groups is 3. The topological polar surface area (TPSA) is 93.1 Å². The fourth-order valence-electron chi connectivity index (χ4n) is 3.62. The Morgan fingerprint density at radius 2 is 1.52 bits per heavy atom. The van der Waals surface area contributed by atoms with E-state index >= 15 is 0 Å². The van der Waals surface area contributed by atoms with Gasteiger partial charge in [-0.25, -0.2) is 4.79 Å². The minimum Gasteiger partial charge on any atom is -0.465 e. The maximum Gasteiger partial charge on any atom is 0.407 e.